The van der Waals surface area contributed by atoms with Gasteiger partial charge in [-0.15, -0.1) is 0 Å². The molecule has 1 atom stereocenters. The van der Waals surface area contributed by atoms with Gasteiger partial charge in [-0.05, 0) is 47.5 Å². The van der Waals surface area contributed by atoms with Crippen molar-refractivity contribution in [3.63, 3.8) is 0 Å². The molecule has 0 saturated heterocycles. The Balaban J connectivity index is 1.52. The molecule has 0 aliphatic carbocycles. The summed E-state index contributed by atoms with van der Waals surface area (Å²) in [5, 5.41) is 5.50. The maximum atomic E-state index is 13.2. The number of aromatic nitrogens is 1. The summed E-state index contributed by atoms with van der Waals surface area (Å²) in [6.45, 7) is 0.234. The zero-order valence-corrected chi connectivity index (χ0v) is 15.6. The third-order valence-electron chi connectivity index (χ3n) is 4.32. The molecule has 1 aromatic heterocycles. The summed E-state index contributed by atoms with van der Waals surface area (Å²) in [6.07, 6.45) is 3.27. The normalized spacial score (nSPS) is 11.5. The van der Waals surface area contributed by atoms with Crippen LogP contribution in [0.5, 0.6) is 0 Å². The molecule has 0 fully saturated rings. The van der Waals surface area contributed by atoms with Crippen LogP contribution in [-0.2, 0) is 11.3 Å². The highest BCUT2D eigenvalue weighted by atomic mass is 19.1. The highest BCUT2D eigenvalue weighted by molar-refractivity contribution is 6.04. The van der Waals surface area contributed by atoms with Crippen LogP contribution in [0, 0.1) is 5.82 Å². The van der Waals surface area contributed by atoms with Gasteiger partial charge in [0, 0.05) is 42.7 Å². The Bertz CT molecular complexity index is 978. The van der Waals surface area contributed by atoms with Gasteiger partial charge in [0.2, 0.25) is 5.91 Å². The minimum atomic E-state index is -0.514. The summed E-state index contributed by atoms with van der Waals surface area (Å²) in [5.41, 5.74) is 8.66. The van der Waals surface area contributed by atoms with E-state index in [1.54, 1.807) is 60.9 Å². The Hall–Kier alpha value is -3.58. The van der Waals surface area contributed by atoms with E-state index in [-0.39, 0.29) is 30.6 Å². The number of carbonyl (C=O) groups excluding carboxylic acids is 2. The Morgan fingerprint density at radius 2 is 1.76 bits per heavy atom. The Morgan fingerprint density at radius 1 is 1.03 bits per heavy atom. The molecule has 0 radical (unpaired) electrons. The van der Waals surface area contributed by atoms with Crippen LogP contribution in [0.2, 0.25) is 0 Å². The lowest BCUT2D eigenvalue weighted by atomic mass is 10.0. The van der Waals surface area contributed by atoms with E-state index in [1.807, 2.05) is 0 Å². The van der Waals surface area contributed by atoms with Crippen molar-refractivity contribution in [2.45, 2.75) is 19.0 Å². The van der Waals surface area contributed by atoms with Gasteiger partial charge in [0.1, 0.15) is 5.82 Å². The number of nitrogens with one attached hydrogen (secondary N) is 2. The molecule has 6 nitrogen and oxygen atoms in total. The summed E-state index contributed by atoms with van der Waals surface area (Å²) < 4.78 is 13.2. The summed E-state index contributed by atoms with van der Waals surface area (Å²) >= 11 is 0. The molecule has 2 amide bonds. The number of hydrogen-bond acceptors (Lipinski definition) is 4. The van der Waals surface area contributed by atoms with Crippen molar-refractivity contribution >= 4 is 17.5 Å². The van der Waals surface area contributed by atoms with Crippen molar-refractivity contribution in [1.29, 1.82) is 0 Å². The molecule has 0 saturated carbocycles. The van der Waals surface area contributed by atoms with E-state index in [0.29, 0.717) is 16.8 Å². The first kappa shape index (κ1) is 20.2. The number of amides is 2. The smallest absolute Gasteiger partial charge is 0.255 e. The molecule has 0 aliphatic heterocycles. The van der Waals surface area contributed by atoms with Crippen LogP contribution in [0.3, 0.4) is 0 Å². The number of benzene rings is 2. The molecule has 7 heteroatoms. The largest absolute Gasteiger partial charge is 0.352 e. The fraction of sp³-hybridized carbons (Fsp3) is 0.136. The van der Waals surface area contributed by atoms with E-state index in [4.69, 9.17) is 5.73 Å². The average Bonchev–Trinajstić information content (AvgIpc) is 2.73. The fourth-order valence-corrected chi connectivity index (χ4v) is 2.76. The second kappa shape index (κ2) is 9.57. The van der Waals surface area contributed by atoms with E-state index in [1.165, 1.54) is 12.1 Å². The minimum absolute atomic E-state index is 0.0812. The maximum absolute atomic E-state index is 13.2. The van der Waals surface area contributed by atoms with Gasteiger partial charge in [0.15, 0.2) is 0 Å². The second-order valence-electron chi connectivity index (χ2n) is 6.53. The molecule has 1 unspecified atom stereocenters. The SMILES string of the molecule is NC(CC(=O)NCc1cccc(F)c1)c1ccc(C(=O)Nc2ccncc2)cc1. The molecular weight excluding hydrogens is 371 g/mol. The zero-order chi connectivity index (χ0) is 20.6. The Kier molecular flexibility index (Phi) is 6.65. The van der Waals surface area contributed by atoms with Gasteiger partial charge < -0.3 is 16.4 Å². The van der Waals surface area contributed by atoms with Gasteiger partial charge in [0.05, 0.1) is 0 Å². The van der Waals surface area contributed by atoms with E-state index in [2.05, 4.69) is 15.6 Å². The topological polar surface area (TPSA) is 97.1 Å². The molecule has 3 aromatic rings. The Morgan fingerprint density at radius 3 is 2.45 bits per heavy atom. The fourth-order valence-electron chi connectivity index (χ4n) is 2.76. The summed E-state index contributed by atoms with van der Waals surface area (Å²) in [5.74, 6) is -0.827. The first-order valence-electron chi connectivity index (χ1n) is 9.09. The lowest BCUT2D eigenvalue weighted by molar-refractivity contribution is -0.121. The second-order valence-corrected chi connectivity index (χ2v) is 6.53. The lowest BCUT2D eigenvalue weighted by Crippen LogP contribution is -2.27. The van der Waals surface area contributed by atoms with Gasteiger partial charge in [-0.1, -0.05) is 24.3 Å². The first-order chi connectivity index (χ1) is 14.0. The molecule has 0 aliphatic rings. The van der Waals surface area contributed by atoms with Crippen LogP contribution in [-0.4, -0.2) is 16.8 Å². The number of pyridine rings is 1. The molecule has 1 heterocycles. The van der Waals surface area contributed by atoms with Crippen LogP contribution in [0.15, 0.2) is 73.1 Å². The van der Waals surface area contributed by atoms with Crippen molar-refractivity contribution in [3.05, 3.63) is 95.6 Å². The molecule has 3 rings (SSSR count). The molecular formula is C22H21FN4O2. The molecule has 0 spiro atoms. The quantitative estimate of drug-likeness (QED) is 0.575. The third kappa shape index (κ3) is 5.95. The van der Waals surface area contributed by atoms with Gasteiger partial charge in [-0.3, -0.25) is 14.6 Å². The Labute approximate surface area is 168 Å². The minimum Gasteiger partial charge on any atom is -0.352 e. The van der Waals surface area contributed by atoms with Crippen molar-refractivity contribution in [1.82, 2.24) is 10.3 Å². The monoisotopic (exact) mass is 392 g/mol. The number of rotatable bonds is 7. The van der Waals surface area contributed by atoms with Crippen LogP contribution in [0.25, 0.3) is 0 Å². The average molecular weight is 392 g/mol. The summed E-state index contributed by atoms with van der Waals surface area (Å²) in [7, 11) is 0. The van der Waals surface area contributed by atoms with Crippen molar-refractivity contribution in [2.24, 2.45) is 5.73 Å². The standard InChI is InChI=1S/C22H21FN4O2/c23-18-3-1-2-15(12-18)14-26-21(28)13-20(24)16-4-6-17(7-5-16)22(29)27-19-8-10-25-11-9-19/h1-12,20H,13-14,24H2,(H,26,28)(H,25,27,29). The number of anilines is 1. The molecule has 0 bridgehead atoms. The van der Waals surface area contributed by atoms with Crippen LogP contribution < -0.4 is 16.4 Å². The van der Waals surface area contributed by atoms with E-state index in [0.717, 1.165) is 5.56 Å². The van der Waals surface area contributed by atoms with Crippen molar-refractivity contribution in [2.75, 3.05) is 5.32 Å². The molecule has 29 heavy (non-hydrogen) atoms. The van der Waals surface area contributed by atoms with Gasteiger partial charge in [-0.25, -0.2) is 4.39 Å². The predicted molar refractivity (Wildman–Crippen MR) is 108 cm³/mol. The first-order valence-corrected chi connectivity index (χ1v) is 9.09. The van der Waals surface area contributed by atoms with E-state index in [9.17, 15) is 14.0 Å². The highest BCUT2D eigenvalue weighted by Crippen LogP contribution is 2.16. The van der Waals surface area contributed by atoms with Gasteiger partial charge >= 0.3 is 0 Å². The molecule has 4 N–H and O–H groups in total. The van der Waals surface area contributed by atoms with Crippen molar-refractivity contribution in [3.8, 4) is 0 Å². The number of hydrogen-bond donors (Lipinski definition) is 3. The molecule has 2 aromatic carbocycles. The van der Waals surface area contributed by atoms with Gasteiger partial charge in [-0.2, -0.15) is 0 Å². The number of carbonyl (C=O) groups is 2. The predicted octanol–water partition coefficient (Wildman–Crippen LogP) is 3.18. The van der Waals surface area contributed by atoms with Gasteiger partial charge in [0.25, 0.3) is 5.91 Å². The van der Waals surface area contributed by atoms with Crippen LogP contribution in [0.4, 0.5) is 10.1 Å². The van der Waals surface area contributed by atoms with Crippen LogP contribution >= 0.6 is 0 Å². The number of nitrogens with two attached hydrogens (primary N) is 1. The van der Waals surface area contributed by atoms with Crippen molar-refractivity contribution < 1.29 is 14.0 Å². The van der Waals surface area contributed by atoms with E-state index >= 15 is 0 Å². The lowest BCUT2D eigenvalue weighted by Gasteiger charge is -2.13. The number of nitrogens with zero attached hydrogens (tertiary/aromatic N) is 1. The zero-order valence-electron chi connectivity index (χ0n) is 15.6. The third-order valence-corrected chi connectivity index (χ3v) is 4.32. The van der Waals surface area contributed by atoms with Crippen LogP contribution in [0.1, 0.15) is 33.9 Å². The molecule has 148 valence electrons. The summed E-state index contributed by atoms with van der Waals surface area (Å²) in [4.78, 5) is 28.3. The maximum Gasteiger partial charge on any atom is 0.255 e. The number of halogens is 1. The van der Waals surface area contributed by atoms with E-state index < -0.39 is 6.04 Å². The summed E-state index contributed by atoms with van der Waals surface area (Å²) in [6, 6.07) is 15.7. The highest BCUT2D eigenvalue weighted by Gasteiger charge is 2.13.